The molecule has 0 bridgehead atoms. The Kier molecular flexibility index (Phi) is 5.35. The first-order chi connectivity index (χ1) is 15.9. The molecule has 2 unspecified atom stereocenters. The van der Waals surface area contributed by atoms with Gasteiger partial charge in [0.25, 0.3) is 5.91 Å². The van der Waals surface area contributed by atoms with Crippen molar-refractivity contribution in [2.45, 2.75) is 44.2 Å². The molecule has 0 N–H and O–H groups in total. The molecule has 5 rings (SSSR count). The van der Waals surface area contributed by atoms with Crippen LogP contribution >= 0.6 is 0 Å². The monoisotopic (exact) mass is 447 g/mol. The largest absolute Gasteiger partial charge is 0.497 e. The molecule has 3 amide bonds. The molecule has 3 aliphatic heterocycles. The van der Waals surface area contributed by atoms with E-state index >= 15 is 0 Å². The average molecular weight is 448 g/mol. The molecule has 3 heterocycles. The number of fused-ring (bicyclic) bond motifs is 3. The smallest absolute Gasteiger partial charge is 0.257 e. The van der Waals surface area contributed by atoms with Crippen LogP contribution in [0.2, 0.25) is 0 Å². The Morgan fingerprint density at radius 1 is 1.12 bits per heavy atom. The van der Waals surface area contributed by atoms with Crippen molar-refractivity contribution in [2.75, 3.05) is 31.6 Å². The molecular formula is C26H29N3O4. The number of ether oxygens (including phenoxy) is 1. The number of hydrogen-bond donors (Lipinski definition) is 0. The standard InChI is InChI=1S/C26H29N3O4/c1-26-14-11-24(31)29(26)22-6-4-3-5-21(22)25(32)28(26)16-13-23(30)27-15-12-19(17-27)18-7-9-20(33-2)10-8-18/h3-10,19H,11-17H2,1-2H3. The van der Waals surface area contributed by atoms with E-state index in [1.165, 1.54) is 5.56 Å². The van der Waals surface area contributed by atoms with Gasteiger partial charge in [0.05, 0.1) is 18.4 Å². The van der Waals surface area contributed by atoms with Crippen LogP contribution in [0.3, 0.4) is 0 Å². The van der Waals surface area contributed by atoms with E-state index in [1.54, 1.807) is 23.0 Å². The third-order valence-corrected chi connectivity index (χ3v) is 7.42. The van der Waals surface area contributed by atoms with Crippen LogP contribution in [0.15, 0.2) is 48.5 Å². The zero-order valence-corrected chi connectivity index (χ0v) is 19.1. The van der Waals surface area contributed by atoms with E-state index in [0.717, 1.165) is 12.2 Å². The fourth-order valence-electron chi connectivity index (χ4n) is 5.54. The van der Waals surface area contributed by atoms with E-state index in [-0.39, 0.29) is 24.1 Å². The van der Waals surface area contributed by atoms with Crippen LogP contribution in [0.25, 0.3) is 0 Å². The molecule has 2 atom stereocenters. The van der Waals surface area contributed by atoms with Crippen molar-refractivity contribution in [3.05, 3.63) is 59.7 Å². The summed E-state index contributed by atoms with van der Waals surface area (Å²) in [6.07, 6.45) is 2.15. The first-order valence-electron chi connectivity index (χ1n) is 11.6. The SMILES string of the molecule is COc1ccc(C2CCN(C(=O)CCN3C(=O)c4ccccc4N4C(=O)CCC34C)C2)cc1. The van der Waals surface area contributed by atoms with Gasteiger partial charge in [0.1, 0.15) is 11.4 Å². The van der Waals surface area contributed by atoms with Crippen molar-refractivity contribution in [1.82, 2.24) is 9.80 Å². The van der Waals surface area contributed by atoms with Gasteiger partial charge in [-0.3, -0.25) is 19.3 Å². The Balaban J connectivity index is 1.27. The molecular weight excluding hydrogens is 418 g/mol. The maximum Gasteiger partial charge on any atom is 0.257 e. The summed E-state index contributed by atoms with van der Waals surface area (Å²) in [6, 6.07) is 15.3. The number of nitrogens with zero attached hydrogens (tertiary/aromatic N) is 3. The third kappa shape index (κ3) is 3.56. The maximum atomic E-state index is 13.3. The van der Waals surface area contributed by atoms with Crippen LogP contribution in [0.5, 0.6) is 5.75 Å². The van der Waals surface area contributed by atoms with Gasteiger partial charge in [-0.2, -0.15) is 0 Å². The molecule has 0 aliphatic carbocycles. The summed E-state index contributed by atoms with van der Waals surface area (Å²) in [6.45, 7) is 3.64. The van der Waals surface area contributed by atoms with Crippen molar-refractivity contribution in [3.63, 3.8) is 0 Å². The van der Waals surface area contributed by atoms with Gasteiger partial charge in [0.2, 0.25) is 11.8 Å². The highest BCUT2D eigenvalue weighted by atomic mass is 16.5. The van der Waals surface area contributed by atoms with Crippen molar-refractivity contribution in [3.8, 4) is 5.75 Å². The molecule has 7 nitrogen and oxygen atoms in total. The quantitative estimate of drug-likeness (QED) is 0.705. The zero-order valence-electron chi connectivity index (χ0n) is 19.1. The molecule has 172 valence electrons. The molecule has 3 aliphatic rings. The molecule has 0 saturated carbocycles. The Labute approximate surface area is 193 Å². The molecule has 7 heteroatoms. The molecule has 2 fully saturated rings. The molecule has 33 heavy (non-hydrogen) atoms. The Morgan fingerprint density at radius 3 is 2.64 bits per heavy atom. The summed E-state index contributed by atoms with van der Waals surface area (Å²) >= 11 is 0. The van der Waals surface area contributed by atoms with Crippen LogP contribution in [-0.4, -0.2) is 59.9 Å². The fraction of sp³-hybridized carbons (Fsp3) is 0.423. The summed E-state index contributed by atoms with van der Waals surface area (Å²) < 4.78 is 5.23. The number of para-hydroxylation sites is 1. The molecule has 0 spiro atoms. The van der Waals surface area contributed by atoms with Gasteiger partial charge in [0.15, 0.2) is 0 Å². The van der Waals surface area contributed by atoms with Gasteiger partial charge in [-0.15, -0.1) is 0 Å². The maximum absolute atomic E-state index is 13.3. The Morgan fingerprint density at radius 2 is 1.88 bits per heavy atom. The average Bonchev–Trinajstić information content (AvgIpc) is 3.44. The van der Waals surface area contributed by atoms with E-state index in [1.807, 2.05) is 42.2 Å². The lowest BCUT2D eigenvalue weighted by Crippen LogP contribution is -2.62. The highest BCUT2D eigenvalue weighted by Gasteiger charge is 2.52. The predicted molar refractivity (Wildman–Crippen MR) is 124 cm³/mol. The number of amides is 3. The summed E-state index contributed by atoms with van der Waals surface area (Å²) in [7, 11) is 1.65. The predicted octanol–water partition coefficient (Wildman–Crippen LogP) is 3.40. The van der Waals surface area contributed by atoms with Crippen LogP contribution < -0.4 is 9.64 Å². The van der Waals surface area contributed by atoms with Gasteiger partial charge in [-0.05, 0) is 49.6 Å². The third-order valence-electron chi connectivity index (χ3n) is 7.42. The second-order valence-corrected chi connectivity index (χ2v) is 9.27. The van der Waals surface area contributed by atoms with Gasteiger partial charge in [-0.25, -0.2) is 0 Å². The molecule has 2 saturated heterocycles. The van der Waals surface area contributed by atoms with E-state index in [0.29, 0.717) is 49.6 Å². The van der Waals surface area contributed by atoms with E-state index < -0.39 is 5.66 Å². The van der Waals surface area contributed by atoms with Gasteiger partial charge in [0, 0.05) is 38.4 Å². The van der Waals surface area contributed by atoms with Crippen LogP contribution in [0.1, 0.15) is 54.4 Å². The minimum Gasteiger partial charge on any atom is -0.497 e. The van der Waals surface area contributed by atoms with Crippen molar-refractivity contribution in [2.24, 2.45) is 0 Å². The first-order valence-corrected chi connectivity index (χ1v) is 11.6. The Hall–Kier alpha value is -3.35. The van der Waals surface area contributed by atoms with Crippen LogP contribution in [-0.2, 0) is 9.59 Å². The van der Waals surface area contributed by atoms with Crippen molar-refractivity contribution >= 4 is 23.4 Å². The number of rotatable bonds is 5. The zero-order chi connectivity index (χ0) is 23.2. The van der Waals surface area contributed by atoms with Crippen LogP contribution in [0.4, 0.5) is 5.69 Å². The lowest BCUT2D eigenvalue weighted by Gasteiger charge is -2.48. The van der Waals surface area contributed by atoms with Crippen molar-refractivity contribution < 1.29 is 19.1 Å². The minimum atomic E-state index is -0.723. The minimum absolute atomic E-state index is 0.0238. The molecule has 0 aromatic heterocycles. The second kappa shape index (κ2) is 8.21. The molecule has 2 aromatic rings. The topological polar surface area (TPSA) is 70.2 Å². The number of hydrogen-bond acceptors (Lipinski definition) is 4. The van der Waals surface area contributed by atoms with Crippen molar-refractivity contribution in [1.29, 1.82) is 0 Å². The second-order valence-electron chi connectivity index (χ2n) is 9.27. The number of carbonyl (C=O) groups is 3. The number of carbonyl (C=O) groups excluding carboxylic acids is 3. The number of likely N-dealkylation sites (tertiary alicyclic amines) is 1. The number of benzene rings is 2. The van der Waals surface area contributed by atoms with Crippen LogP contribution in [0, 0.1) is 0 Å². The lowest BCUT2D eigenvalue weighted by atomic mass is 9.98. The highest BCUT2D eigenvalue weighted by Crippen LogP contribution is 2.44. The number of anilines is 1. The molecule has 2 aromatic carbocycles. The van der Waals surface area contributed by atoms with Gasteiger partial charge in [-0.1, -0.05) is 24.3 Å². The first kappa shape index (κ1) is 21.5. The van der Waals surface area contributed by atoms with E-state index in [9.17, 15) is 14.4 Å². The summed E-state index contributed by atoms with van der Waals surface area (Å²) in [5.74, 6) is 1.10. The lowest BCUT2D eigenvalue weighted by molar-refractivity contribution is -0.130. The van der Waals surface area contributed by atoms with Gasteiger partial charge < -0.3 is 14.5 Å². The van der Waals surface area contributed by atoms with Gasteiger partial charge >= 0.3 is 0 Å². The van der Waals surface area contributed by atoms with E-state index in [4.69, 9.17) is 4.74 Å². The fourth-order valence-corrected chi connectivity index (χ4v) is 5.54. The summed E-state index contributed by atoms with van der Waals surface area (Å²) in [5, 5.41) is 0. The highest BCUT2D eigenvalue weighted by molar-refractivity contribution is 6.10. The number of methoxy groups -OCH3 is 1. The Bertz CT molecular complexity index is 1100. The summed E-state index contributed by atoms with van der Waals surface area (Å²) in [4.78, 5) is 44.5. The normalized spacial score (nSPS) is 24.2. The summed E-state index contributed by atoms with van der Waals surface area (Å²) in [5.41, 5.74) is 1.69. The van der Waals surface area contributed by atoms with E-state index in [2.05, 4.69) is 12.1 Å². The molecule has 0 radical (unpaired) electrons.